The van der Waals surface area contributed by atoms with Crippen LogP contribution >= 0.6 is 0 Å². The molecule has 0 unspecified atom stereocenters. The Morgan fingerprint density at radius 2 is 0.957 bits per heavy atom. The number of allylic oxidation sites excluding steroid dienone is 4. The Hall–Kier alpha value is -4.38. The van der Waals surface area contributed by atoms with Gasteiger partial charge in [0.2, 0.25) is 0 Å². The maximum atomic E-state index is 6.23. The Labute approximate surface area is 280 Å². The van der Waals surface area contributed by atoms with Crippen molar-refractivity contribution >= 4 is 50.0 Å². The monoisotopic (exact) mass is 625 g/mol. The minimum absolute atomic E-state index is 0.762. The first kappa shape index (κ1) is 32.6. The summed E-state index contributed by atoms with van der Waals surface area (Å²) in [5.41, 5.74) is 29.0. The van der Waals surface area contributed by atoms with E-state index in [1.807, 2.05) is 12.1 Å². The van der Waals surface area contributed by atoms with E-state index in [9.17, 15) is 0 Å². The molecule has 5 heteroatoms. The smallest absolute Gasteiger partial charge is 0.0771 e. The Morgan fingerprint density at radius 3 is 1.51 bits per heavy atom. The summed E-state index contributed by atoms with van der Waals surface area (Å²) in [6.07, 6.45) is 7.48. The number of H-pyrrole nitrogens is 2. The number of benzene rings is 1. The van der Waals surface area contributed by atoms with Crippen LogP contribution in [0.15, 0.2) is 42.5 Å². The van der Waals surface area contributed by atoms with Gasteiger partial charge in [0.05, 0.1) is 28.3 Å². The Morgan fingerprint density at radius 1 is 0.489 bits per heavy atom. The standard InChI is InChI=1S/C42H51N5/c1-9-26-28(11-3)36-22-38-30(13-5)32(15-7)41(46-38)40(24-17-19-25(43)20-18-24)42-33(16-8)31(14-6)39(47-42)23-37-29(12-4)27(10-2)35(45-37)21-34(26)44-36/h17-23,44,46H,9-16,43H2,1-8H3. The fourth-order valence-corrected chi connectivity index (χ4v) is 8.12. The van der Waals surface area contributed by atoms with Crippen molar-refractivity contribution in [2.45, 2.75) is 107 Å². The largest absolute Gasteiger partial charge is 0.399 e. The van der Waals surface area contributed by atoms with Gasteiger partial charge in [-0.1, -0.05) is 67.5 Å². The lowest BCUT2D eigenvalue weighted by molar-refractivity contribution is 1.07. The second-order valence-electron chi connectivity index (χ2n) is 12.7. The van der Waals surface area contributed by atoms with Crippen LogP contribution in [-0.2, 0) is 25.7 Å². The molecule has 0 saturated carbocycles. The van der Waals surface area contributed by atoms with E-state index in [1.54, 1.807) is 0 Å². The summed E-state index contributed by atoms with van der Waals surface area (Å²) < 4.78 is 0. The molecule has 2 aliphatic rings. The third kappa shape index (κ3) is 5.44. The van der Waals surface area contributed by atoms with Crippen LogP contribution in [0.3, 0.4) is 0 Å². The lowest BCUT2D eigenvalue weighted by Crippen LogP contribution is -1.93. The van der Waals surface area contributed by atoms with Crippen LogP contribution < -0.4 is 5.73 Å². The number of rotatable bonds is 9. The highest BCUT2D eigenvalue weighted by Gasteiger charge is 2.26. The number of hydrogen-bond acceptors (Lipinski definition) is 3. The SMILES string of the molecule is CCC1=C(CC)c2cc3[nH]c(cc4[nH]c(c(CC)c4CC)c(-c4ccc(N)cc4)c4nc(cc1n2)C(CC)=C4CC)c(CC)c3CC. The molecule has 0 spiro atoms. The normalized spacial score (nSPS) is 13.3. The highest BCUT2D eigenvalue weighted by atomic mass is 14.8. The summed E-state index contributed by atoms with van der Waals surface area (Å²) in [5.74, 6) is 0. The number of fused-ring (bicyclic) bond motifs is 8. The maximum absolute atomic E-state index is 6.23. The van der Waals surface area contributed by atoms with Gasteiger partial charge in [-0.05, 0) is 132 Å². The molecule has 47 heavy (non-hydrogen) atoms. The topological polar surface area (TPSA) is 83.4 Å². The molecule has 8 bridgehead atoms. The van der Waals surface area contributed by atoms with Crippen LogP contribution in [0.2, 0.25) is 0 Å². The molecule has 244 valence electrons. The summed E-state index contributed by atoms with van der Waals surface area (Å²) in [5, 5.41) is 0. The van der Waals surface area contributed by atoms with Gasteiger partial charge in [-0.25, -0.2) is 9.97 Å². The van der Waals surface area contributed by atoms with E-state index in [4.69, 9.17) is 15.7 Å². The molecule has 0 radical (unpaired) electrons. The van der Waals surface area contributed by atoms with Crippen molar-refractivity contribution in [2.24, 2.45) is 0 Å². The quantitative estimate of drug-likeness (QED) is 0.162. The van der Waals surface area contributed by atoms with Crippen molar-refractivity contribution in [3.63, 3.8) is 0 Å². The van der Waals surface area contributed by atoms with Crippen LogP contribution in [0.25, 0.3) is 55.5 Å². The molecule has 6 rings (SSSR count). The third-order valence-electron chi connectivity index (χ3n) is 10.3. The second kappa shape index (κ2) is 13.4. The molecule has 0 saturated heterocycles. The molecular weight excluding hydrogens is 574 g/mol. The highest BCUT2D eigenvalue weighted by molar-refractivity contribution is 6.02. The molecule has 0 amide bonds. The van der Waals surface area contributed by atoms with Gasteiger partial charge in [-0.3, -0.25) is 0 Å². The van der Waals surface area contributed by atoms with E-state index in [2.05, 4.69) is 95.7 Å². The second-order valence-corrected chi connectivity index (χ2v) is 12.7. The van der Waals surface area contributed by atoms with Gasteiger partial charge in [0, 0.05) is 27.8 Å². The third-order valence-corrected chi connectivity index (χ3v) is 10.3. The number of aromatic amines is 2. The minimum Gasteiger partial charge on any atom is -0.399 e. The van der Waals surface area contributed by atoms with Gasteiger partial charge in [0.1, 0.15) is 0 Å². The molecule has 5 nitrogen and oxygen atoms in total. The molecule has 0 fully saturated rings. The number of aromatic nitrogens is 4. The Bertz CT molecular complexity index is 2060. The molecule has 2 aliphatic heterocycles. The van der Waals surface area contributed by atoms with Crippen molar-refractivity contribution in [2.75, 3.05) is 5.73 Å². The Kier molecular flexibility index (Phi) is 9.27. The number of nitrogens with zero attached hydrogens (tertiary/aromatic N) is 2. The van der Waals surface area contributed by atoms with E-state index in [1.165, 1.54) is 61.1 Å². The molecule has 4 aromatic rings. The van der Waals surface area contributed by atoms with Crippen molar-refractivity contribution < 1.29 is 0 Å². The number of hydrogen-bond donors (Lipinski definition) is 3. The predicted molar refractivity (Wildman–Crippen MR) is 203 cm³/mol. The molecule has 4 N–H and O–H groups in total. The van der Waals surface area contributed by atoms with E-state index in [0.717, 1.165) is 96.5 Å². The van der Waals surface area contributed by atoms with Gasteiger partial charge in [-0.15, -0.1) is 0 Å². The van der Waals surface area contributed by atoms with Crippen LogP contribution in [-0.4, -0.2) is 19.9 Å². The zero-order valence-electron chi connectivity index (χ0n) is 29.7. The Balaban J connectivity index is 1.93. The molecule has 1 aromatic carbocycles. The van der Waals surface area contributed by atoms with Gasteiger partial charge >= 0.3 is 0 Å². The summed E-state index contributed by atoms with van der Waals surface area (Å²) >= 11 is 0. The summed E-state index contributed by atoms with van der Waals surface area (Å²) in [7, 11) is 0. The van der Waals surface area contributed by atoms with Crippen molar-refractivity contribution in [3.05, 3.63) is 87.5 Å². The van der Waals surface area contributed by atoms with E-state index >= 15 is 0 Å². The van der Waals surface area contributed by atoms with E-state index in [0.29, 0.717) is 0 Å². The van der Waals surface area contributed by atoms with Crippen LogP contribution in [0, 0.1) is 0 Å². The van der Waals surface area contributed by atoms with Crippen molar-refractivity contribution in [3.8, 4) is 11.1 Å². The van der Waals surface area contributed by atoms with Crippen LogP contribution in [0.5, 0.6) is 0 Å². The zero-order valence-corrected chi connectivity index (χ0v) is 29.7. The number of anilines is 1. The maximum Gasteiger partial charge on any atom is 0.0771 e. The molecule has 0 aliphatic carbocycles. The number of nitrogens with two attached hydrogens (primary N) is 1. The zero-order chi connectivity index (χ0) is 33.4. The number of aryl methyl sites for hydroxylation is 4. The van der Waals surface area contributed by atoms with E-state index < -0.39 is 0 Å². The lowest BCUT2D eigenvalue weighted by atomic mass is 9.93. The van der Waals surface area contributed by atoms with Gasteiger partial charge < -0.3 is 15.7 Å². The average molecular weight is 626 g/mol. The summed E-state index contributed by atoms with van der Waals surface area (Å²) in [6, 6.07) is 15.3. The van der Waals surface area contributed by atoms with Gasteiger partial charge in [0.25, 0.3) is 0 Å². The summed E-state index contributed by atoms with van der Waals surface area (Å²) in [6.45, 7) is 18.1. The van der Waals surface area contributed by atoms with Crippen molar-refractivity contribution in [1.29, 1.82) is 0 Å². The first-order valence-corrected chi connectivity index (χ1v) is 18.0. The molecule has 5 heterocycles. The van der Waals surface area contributed by atoms with Crippen molar-refractivity contribution in [1.82, 2.24) is 19.9 Å². The van der Waals surface area contributed by atoms with Crippen LogP contribution in [0.1, 0.15) is 126 Å². The fourth-order valence-electron chi connectivity index (χ4n) is 8.12. The van der Waals surface area contributed by atoms with Gasteiger partial charge in [0.15, 0.2) is 0 Å². The number of nitrogen functional groups attached to an aromatic ring is 1. The van der Waals surface area contributed by atoms with Gasteiger partial charge in [-0.2, -0.15) is 0 Å². The van der Waals surface area contributed by atoms with E-state index in [-0.39, 0.29) is 0 Å². The molecular formula is C42H51N5. The molecule has 0 atom stereocenters. The predicted octanol–water partition coefficient (Wildman–Crippen LogP) is 11.3. The van der Waals surface area contributed by atoms with Crippen LogP contribution in [0.4, 0.5) is 5.69 Å². The molecule has 3 aromatic heterocycles. The minimum atomic E-state index is 0.762. The fraction of sp³-hybridized carbons (Fsp3) is 0.381. The highest BCUT2D eigenvalue weighted by Crippen LogP contribution is 2.43. The summed E-state index contributed by atoms with van der Waals surface area (Å²) in [4.78, 5) is 18.8. The lowest BCUT2D eigenvalue weighted by Gasteiger charge is -2.11. The average Bonchev–Trinajstić information content (AvgIpc) is 3.81. The number of nitrogens with one attached hydrogen (secondary N) is 2. The first-order chi connectivity index (χ1) is 22.8. The first-order valence-electron chi connectivity index (χ1n) is 18.0.